The molecule has 1 heterocycles. The summed E-state index contributed by atoms with van der Waals surface area (Å²) in [4.78, 5) is 21.2. The van der Waals surface area contributed by atoms with Crippen LogP contribution in [0.3, 0.4) is 0 Å². The van der Waals surface area contributed by atoms with E-state index < -0.39 is 21.3 Å². The fraction of sp³-hybridized carbons (Fsp3) is 0. The summed E-state index contributed by atoms with van der Waals surface area (Å²) in [6, 6.07) is 10.9. The number of fused-ring (bicyclic) bond motifs is 1. The number of aromatic hydroxyl groups is 2. The van der Waals surface area contributed by atoms with E-state index in [-0.39, 0.29) is 39.5 Å². The number of nitrogens with zero attached hydrogens (tertiary/aromatic N) is 4. The maximum atomic E-state index is 11.7. The summed E-state index contributed by atoms with van der Waals surface area (Å²) >= 11 is 0. The lowest BCUT2D eigenvalue weighted by molar-refractivity contribution is -0.384. The number of benzene rings is 3. The summed E-state index contributed by atoms with van der Waals surface area (Å²) in [6.07, 6.45) is 0. The predicted molar refractivity (Wildman–Crippen MR) is 108 cm³/mol. The number of phenols is 2. The highest BCUT2D eigenvalue weighted by molar-refractivity contribution is 6.01. The molecule has 1 aromatic heterocycles. The topological polar surface area (TPSA) is 190 Å². The van der Waals surface area contributed by atoms with Crippen molar-refractivity contribution < 1.29 is 24.7 Å². The zero-order chi connectivity index (χ0) is 22.1. The van der Waals surface area contributed by atoms with Crippen LogP contribution in [0.25, 0.3) is 11.0 Å². The van der Waals surface area contributed by atoms with Crippen molar-refractivity contribution in [1.29, 1.82) is 0 Å². The van der Waals surface area contributed by atoms with Gasteiger partial charge in [0, 0.05) is 6.07 Å². The Morgan fingerprint density at radius 2 is 1.45 bits per heavy atom. The second-order valence-corrected chi connectivity index (χ2v) is 6.26. The first-order chi connectivity index (χ1) is 14.8. The smallest absolute Gasteiger partial charge is 0.324 e. The van der Waals surface area contributed by atoms with Crippen molar-refractivity contribution in [2.45, 2.75) is 0 Å². The Morgan fingerprint density at radius 3 is 2.13 bits per heavy atom. The molecule has 0 amide bonds. The average Bonchev–Trinajstić information content (AvgIpc) is 3.20. The lowest BCUT2D eigenvalue weighted by Crippen LogP contribution is -2.01. The van der Waals surface area contributed by atoms with Crippen molar-refractivity contribution in [3.05, 3.63) is 68.8 Å². The van der Waals surface area contributed by atoms with Crippen LogP contribution >= 0.6 is 0 Å². The van der Waals surface area contributed by atoms with Gasteiger partial charge in [0.25, 0.3) is 5.69 Å². The number of non-ortho nitro benzene ring substituents is 1. The van der Waals surface area contributed by atoms with Crippen LogP contribution in [0.15, 0.2) is 53.2 Å². The normalized spacial score (nSPS) is 10.7. The number of aromatic nitrogens is 2. The standard InChI is InChI=1S/C18H12N6O7/c25-14-4-2-1-3-10(14)19-12-8-13(18(24(29)30)17-16(12)21-31-22-17)20-11-6-5-9(23(27)28)7-15(11)26/h1-8,19-20,25-26H. The molecular formula is C18H12N6O7. The van der Waals surface area contributed by atoms with Crippen LogP contribution in [0.4, 0.5) is 34.1 Å². The van der Waals surface area contributed by atoms with Crippen molar-refractivity contribution in [3.63, 3.8) is 0 Å². The van der Waals surface area contributed by atoms with Gasteiger partial charge in [-0.25, -0.2) is 4.63 Å². The number of nitro groups is 2. The van der Waals surface area contributed by atoms with Gasteiger partial charge in [0.15, 0.2) is 5.52 Å². The number of hydrogen-bond acceptors (Lipinski definition) is 11. The van der Waals surface area contributed by atoms with E-state index in [0.29, 0.717) is 5.69 Å². The average molecular weight is 424 g/mol. The maximum Gasteiger partial charge on any atom is 0.324 e. The number of rotatable bonds is 6. The summed E-state index contributed by atoms with van der Waals surface area (Å²) in [5, 5.41) is 55.6. The molecule has 0 unspecified atom stereocenters. The summed E-state index contributed by atoms with van der Waals surface area (Å²) in [6.45, 7) is 0. The molecular weight excluding hydrogens is 412 g/mol. The monoisotopic (exact) mass is 424 g/mol. The molecule has 4 N–H and O–H groups in total. The second kappa shape index (κ2) is 7.47. The van der Waals surface area contributed by atoms with Gasteiger partial charge in [-0.15, -0.1) is 0 Å². The molecule has 0 radical (unpaired) electrons. The first-order valence-electron chi connectivity index (χ1n) is 8.58. The maximum absolute atomic E-state index is 11.7. The van der Waals surface area contributed by atoms with Gasteiger partial charge in [-0.2, -0.15) is 0 Å². The summed E-state index contributed by atoms with van der Waals surface area (Å²) < 4.78 is 4.68. The van der Waals surface area contributed by atoms with Crippen molar-refractivity contribution in [1.82, 2.24) is 10.3 Å². The largest absolute Gasteiger partial charge is 0.506 e. The Balaban J connectivity index is 1.84. The Bertz CT molecular complexity index is 1340. The van der Waals surface area contributed by atoms with E-state index in [1.165, 1.54) is 18.2 Å². The SMILES string of the molecule is O=[N+]([O-])c1ccc(Nc2cc(Nc3ccccc3O)c3nonc3c2[N+](=O)[O-])c(O)c1. The van der Waals surface area contributed by atoms with E-state index in [9.17, 15) is 30.4 Å². The van der Waals surface area contributed by atoms with Crippen molar-refractivity contribution in [2.75, 3.05) is 10.6 Å². The molecule has 0 bridgehead atoms. The summed E-state index contributed by atoms with van der Waals surface area (Å²) in [5.74, 6) is -0.565. The zero-order valence-corrected chi connectivity index (χ0v) is 15.3. The molecule has 4 aromatic rings. The van der Waals surface area contributed by atoms with Crippen LogP contribution in [0.2, 0.25) is 0 Å². The number of hydrogen-bond donors (Lipinski definition) is 4. The lowest BCUT2D eigenvalue weighted by Gasteiger charge is -2.13. The van der Waals surface area contributed by atoms with Gasteiger partial charge in [0.2, 0.25) is 5.52 Å². The zero-order valence-electron chi connectivity index (χ0n) is 15.3. The van der Waals surface area contributed by atoms with Gasteiger partial charge < -0.3 is 20.8 Å². The quantitative estimate of drug-likeness (QED) is 0.199. The molecule has 0 fully saturated rings. The molecule has 0 spiro atoms. The van der Waals surface area contributed by atoms with E-state index in [1.54, 1.807) is 18.2 Å². The lowest BCUT2D eigenvalue weighted by atomic mass is 10.1. The Kier molecular flexibility index (Phi) is 4.67. The Hall–Kier alpha value is -4.94. The van der Waals surface area contributed by atoms with E-state index >= 15 is 0 Å². The Labute approximate surface area is 171 Å². The Morgan fingerprint density at radius 1 is 0.774 bits per heavy atom. The molecule has 0 saturated carbocycles. The van der Waals surface area contributed by atoms with Crippen LogP contribution in [-0.2, 0) is 0 Å². The van der Waals surface area contributed by atoms with E-state index in [4.69, 9.17) is 0 Å². The van der Waals surface area contributed by atoms with Gasteiger partial charge in [-0.05, 0) is 34.6 Å². The van der Waals surface area contributed by atoms with Crippen LogP contribution in [0.1, 0.15) is 0 Å². The van der Waals surface area contributed by atoms with E-state index in [1.807, 2.05) is 0 Å². The molecule has 4 rings (SSSR count). The highest BCUT2D eigenvalue weighted by Crippen LogP contribution is 2.41. The molecule has 31 heavy (non-hydrogen) atoms. The predicted octanol–water partition coefficient (Wildman–Crippen LogP) is 3.94. The summed E-state index contributed by atoms with van der Waals surface area (Å²) in [7, 11) is 0. The molecule has 0 aliphatic rings. The van der Waals surface area contributed by atoms with Crippen LogP contribution in [0.5, 0.6) is 11.5 Å². The fourth-order valence-corrected chi connectivity index (χ4v) is 2.91. The molecule has 13 heteroatoms. The number of anilines is 4. The molecule has 156 valence electrons. The third-order valence-corrected chi connectivity index (χ3v) is 4.33. The van der Waals surface area contributed by atoms with Gasteiger partial charge in [-0.3, -0.25) is 20.2 Å². The van der Waals surface area contributed by atoms with E-state index in [0.717, 1.165) is 12.1 Å². The fourth-order valence-electron chi connectivity index (χ4n) is 2.91. The highest BCUT2D eigenvalue weighted by Gasteiger charge is 2.27. The van der Waals surface area contributed by atoms with E-state index in [2.05, 4.69) is 25.6 Å². The van der Waals surface area contributed by atoms with Crippen LogP contribution < -0.4 is 10.6 Å². The van der Waals surface area contributed by atoms with Gasteiger partial charge in [-0.1, -0.05) is 12.1 Å². The number of nitrogens with one attached hydrogen (secondary N) is 2. The molecule has 3 aromatic carbocycles. The molecule has 0 aliphatic heterocycles. The van der Waals surface area contributed by atoms with Crippen LogP contribution in [0, 0.1) is 20.2 Å². The first-order valence-corrected chi connectivity index (χ1v) is 8.58. The van der Waals surface area contributed by atoms with Crippen molar-refractivity contribution >= 4 is 45.2 Å². The molecule has 0 saturated heterocycles. The second-order valence-electron chi connectivity index (χ2n) is 6.26. The minimum absolute atomic E-state index is 0.0157. The molecule has 13 nitrogen and oxygen atoms in total. The highest BCUT2D eigenvalue weighted by atomic mass is 16.6. The van der Waals surface area contributed by atoms with Crippen molar-refractivity contribution in [3.8, 4) is 11.5 Å². The van der Waals surface area contributed by atoms with Gasteiger partial charge in [0.05, 0.1) is 33.0 Å². The molecule has 0 atom stereocenters. The molecule has 0 aliphatic carbocycles. The van der Waals surface area contributed by atoms with Gasteiger partial charge in [0.1, 0.15) is 17.2 Å². The third-order valence-electron chi connectivity index (χ3n) is 4.33. The van der Waals surface area contributed by atoms with Crippen molar-refractivity contribution in [2.24, 2.45) is 0 Å². The minimum Gasteiger partial charge on any atom is -0.506 e. The van der Waals surface area contributed by atoms with Gasteiger partial charge >= 0.3 is 5.69 Å². The summed E-state index contributed by atoms with van der Waals surface area (Å²) in [5.41, 5.74) is -0.597. The van der Waals surface area contributed by atoms with Crippen LogP contribution in [-0.4, -0.2) is 30.4 Å². The number of para-hydroxylation sites is 2. The number of phenolic OH excluding ortho intramolecular Hbond substituents is 2. The first kappa shape index (κ1) is 19.4. The minimum atomic E-state index is -0.707. The number of nitro benzene ring substituents is 2. The third kappa shape index (κ3) is 3.57.